The summed E-state index contributed by atoms with van der Waals surface area (Å²) < 4.78 is 22.8. The summed E-state index contributed by atoms with van der Waals surface area (Å²) >= 11 is 0. The molecule has 1 aliphatic rings. The molecule has 9 heteroatoms. The van der Waals surface area contributed by atoms with Gasteiger partial charge in [0.05, 0.1) is 18.0 Å². The summed E-state index contributed by atoms with van der Waals surface area (Å²) in [6, 6.07) is 6.33. The molecule has 0 unspecified atom stereocenters. The van der Waals surface area contributed by atoms with Crippen LogP contribution >= 0.6 is 0 Å². The second-order valence-electron chi connectivity index (χ2n) is 7.91. The smallest absolute Gasteiger partial charge is 0.241 e. The van der Waals surface area contributed by atoms with Crippen molar-refractivity contribution in [1.29, 1.82) is 0 Å². The lowest BCUT2D eigenvalue weighted by Crippen LogP contribution is -2.46. The first-order chi connectivity index (χ1) is 13.6. The van der Waals surface area contributed by atoms with Crippen molar-refractivity contribution >= 4 is 21.9 Å². The second kappa shape index (κ2) is 10.1. The van der Waals surface area contributed by atoms with E-state index in [0.29, 0.717) is 12.5 Å². The molecule has 1 amide bonds. The first-order valence-electron chi connectivity index (χ1n) is 9.99. The van der Waals surface area contributed by atoms with Crippen molar-refractivity contribution in [2.75, 3.05) is 27.2 Å². The fourth-order valence-electron chi connectivity index (χ4n) is 3.50. The molecule has 0 atom stereocenters. The van der Waals surface area contributed by atoms with E-state index in [-0.39, 0.29) is 22.8 Å². The summed E-state index contributed by atoms with van der Waals surface area (Å²) in [5.41, 5.74) is 1.13. The van der Waals surface area contributed by atoms with Crippen molar-refractivity contribution in [3.8, 4) is 0 Å². The molecule has 0 saturated heterocycles. The first-order valence-corrected chi connectivity index (χ1v) is 11.5. The first kappa shape index (κ1) is 23.2. The molecule has 1 fully saturated rings. The molecule has 1 saturated carbocycles. The van der Waals surface area contributed by atoms with Gasteiger partial charge in [0, 0.05) is 20.6 Å². The van der Waals surface area contributed by atoms with Crippen molar-refractivity contribution in [3.05, 3.63) is 29.8 Å². The molecule has 0 radical (unpaired) electrons. The molecule has 1 aromatic carbocycles. The van der Waals surface area contributed by atoms with E-state index in [0.717, 1.165) is 18.5 Å². The van der Waals surface area contributed by atoms with Crippen LogP contribution in [0, 0.1) is 5.41 Å². The highest BCUT2D eigenvalue weighted by molar-refractivity contribution is 7.89. The van der Waals surface area contributed by atoms with Crippen molar-refractivity contribution in [1.82, 2.24) is 15.5 Å². The van der Waals surface area contributed by atoms with Crippen LogP contribution in [0.5, 0.6) is 0 Å². The highest BCUT2D eigenvalue weighted by Crippen LogP contribution is 2.40. The van der Waals surface area contributed by atoms with Gasteiger partial charge < -0.3 is 15.5 Å². The quantitative estimate of drug-likeness (QED) is 0.432. The lowest BCUT2D eigenvalue weighted by Gasteiger charge is -2.28. The molecule has 0 bridgehead atoms. The van der Waals surface area contributed by atoms with Crippen LogP contribution in [-0.2, 0) is 21.4 Å². The average molecular weight is 424 g/mol. The fraction of sp³-hybridized carbons (Fsp3) is 0.600. The largest absolute Gasteiger partial charge is 0.356 e. The van der Waals surface area contributed by atoms with Gasteiger partial charge >= 0.3 is 0 Å². The molecule has 0 heterocycles. The zero-order valence-electron chi connectivity index (χ0n) is 17.6. The maximum Gasteiger partial charge on any atom is 0.241 e. The predicted octanol–water partition coefficient (Wildman–Crippen LogP) is 1.43. The number of hydrogen-bond acceptors (Lipinski definition) is 4. The van der Waals surface area contributed by atoms with Crippen molar-refractivity contribution in [2.24, 2.45) is 15.5 Å². The minimum atomic E-state index is -3.71. The molecule has 2 rings (SSSR count). The third-order valence-electron chi connectivity index (χ3n) is 5.62. The number of carbonyl (C=O) groups is 1. The predicted molar refractivity (Wildman–Crippen MR) is 115 cm³/mol. The van der Waals surface area contributed by atoms with E-state index >= 15 is 0 Å². The van der Waals surface area contributed by atoms with Gasteiger partial charge in [-0.05, 0) is 42.4 Å². The molecule has 0 aliphatic heterocycles. The van der Waals surface area contributed by atoms with Gasteiger partial charge in [-0.3, -0.25) is 4.79 Å². The summed E-state index contributed by atoms with van der Waals surface area (Å²) in [4.78, 5) is 18.1. The maximum absolute atomic E-state index is 11.9. The maximum atomic E-state index is 11.9. The molecule has 29 heavy (non-hydrogen) atoms. The van der Waals surface area contributed by atoms with Crippen LogP contribution in [-0.4, -0.2) is 52.4 Å². The summed E-state index contributed by atoms with van der Waals surface area (Å²) in [5, 5.41) is 11.6. The van der Waals surface area contributed by atoms with Gasteiger partial charge in [0.25, 0.3) is 0 Å². The molecule has 8 nitrogen and oxygen atoms in total. The molecule has 0 spiro atoms. The van der Waals surface area contributed by atoms with Crippen molar-refractivity contribution in [2.45, 2.75) is 50.5 Å². The van der Waals surface area contributed by atoms with E-state index < -0.39 is 10.0 Å². The van der Waals surface area contributed by atoms with E-state index in [9.17, 15) is 13.2 Å². The monoisotopic (exact) mass is 423 g/mol. The molecule has 1 aliphatic carbocycles. The number of primary sulfonamides is 1. The number of amides is 1. The van der Waals surface area contributed by atoms with Gasteiger partial charge in [0.15, 0.2) is 5.96 Å². The summed E-state index contributed by atoms with van der Waals surface area (Å²) in [6.07, 6.45) is 6.03. The standard InChI is InChI=1S/C20H33N5O3S/c1-4-20(11-5-6-12-20)15-24-19(23-14-18(26)25(2)3)22-13-16-7-9-17(10-8-16)29(21,27)28/h7-10H,4-6,11-15H2,1-3H3,(H2,21,27,28)(H2,22,23,24). The second-order valence-corrected chi connectivity index (χ2v) is 9.47. The highest BCUT2D eigenvalue weighted by Gasteiger charge is 2.31. The third kappa shape index (κ3) is 7.01. The number of sulfonamides is 1. The Hall–Kier alpha value is -2.13. The van der Waals surface area contributed by atoms with Gasteiger partial charge in [0.2, 0.25) is 15.9 Å². The number of benzene rings is 1. The SMILES string of the molecule is CCC1(CNC(=NCc2ccc(S(N)(=O)=O)cc2)NCC(=O)N(C)C)CCCC1. The Labute approximate surface area is 174 Å². The Kier molecular flexibility index (Phi) is 8.04. The topological polar surface area (TPSA) is 117 Å². The zero-order valence-corrected chi connectivity index (χ0v) is 18.4. The number of nitrogens with one attached hydrogen (secondary N) is 2. The molecular weight excluding hydrogens is 390 g/mol. The summed E-state index contributed by atoms with van der Waals surface area (Å²) in [6.45, 7) is 3.55. The van der Waals surface area contributed by atoms with Crippen LogP contribution in [0.3, 0.4) is 0 Å². The minimum absolute atomic E-state index is 0.0388. The van der Waals surface area contributed by atoms with Crippen LogP contribution in [0.4, 0.5) is 0 Å². The average Bonchev–Trinajstić information content (AvgIpc) is 3.16. The molecule has 162 valence electrons. The number of guanidine groups is 1. The fourth-order valence-corrected chi connectivity index (χ4v) is 4.01. The minimum Gasteiger partial charge on any atom is -0.356 e. The Balaban J connectivity index is 2.07. The normalized spacial score (nSPS) is 16.5. The van der Waals surface area contributed by atoms with Crippen LogP contribution in [0.15, 0.2) is 34.2 Å². The van der Waals surface area contributed by atoms with Gasteiger partial charge in [-0.2, -0.15) is 0 Å². The molecule has 0 aromatic heterocycles. The van der Waals surface area contributed by atoms with Crippen LogP contribution in [0.2, 0.25) is 0 Å². The van der Waals surface area contributed by atoms with Gasteiger partial charge in [-0.25, -0.2) is 18.5 Å². The number of nitrogens with two attached hydrogens (primary N) is 1. The highest BCUT2D eigenvalue weighted by atomic mass is 32.2. The van der Waals surface area contributed by atoms with E-state index in [4.69, 9.17) is 5.14 Å². The van der Waals surface area contributed by atoms with E-state index in [1.165, 1.54) is 42.7 Å². The van der Waals surface area contributed by atoms with E-state index in [2.05, 4.69) is 22.5 Å². The van der Waals surface area contributed by atoms with Gasteiger partial charge in [-0.1, -0.05) is 31.9 Å². The van der Waals surface area contributed by atoms with Crippen LogP contribution in [0.25, 0.3) is 0 Å². The zero-order chi connectivity index (χ0) is 21.5. The number of carbonyl (C=O) groups excluding carboxylic acids is 1. The lowest BCUT2D eigenvalue weighted by molar-refractivity contribution is -0.127. The van der Waals surface area contributed by atoms with E-state index in [1.807, 2.05) is 0 Å². The number of rotatable bonds is 8. The number of hydrogen-bond donors (Lipinski definition) is 3. The van der Waals surface area contributed by atoms with Crippen molar-refractivity contribution in [3.63, 3.8) is 0 Å². The van der Waals surface area contributed by atoms with Gasteiger partial charge in [-0.15, -0.1) is 0 Å². The summed E-state index contributed by atoms with van der Waals surface area (Å²) in [5.74, 6) is 0.540. The molecular formula is C20H33N5O3S. The van der Waals surface area contributed by atoms with Gasteiger partial charge in [0.1, 0.15) is 0 Å². The van der Waals surface area contributed by atoms with E-state index in [1.54, 1.807) is 26.2 Å². The lowest BCUT2D eigenvalue weighted by atomic mass is 9.83. The number of aliphatic imine (C=N–C) groups is 1. The Morgan fingerprint density at radius 2 is 1.79 bits per heavy atom. The van der Waals surface area contributed by atoms with Crippen LogP contribution < -0.4 is 15.8 Å². The molecule has 1 aromatic rings. The Morgan fingerprint density at radius 3 is 2.31 bits per heavy atom. The Bertz CT molecular complexity index is 813. The third-order valence-corrected chi connectivity index (χ3v) is 6.55. The van der Waals surface area contributed by atoms with Crippen molar-refractivity contribution < 1.29 is 13.2 Å². The molecule has 4 N–H and O–H groups in total. The number of likely N-dealkylation sites (N-methyl/N-ethyl adjacent to an activating group) is 1. The summed E-state index contributed by atoms with van der Waals surface area (Å²) in [7, 11) is -0.279. The van der Waals surface area contributed by atoms with Crippen LogP contribution in [0.1, 0.15) is 44.6 Å². The Morgan fingerprint density at radius 1 is 1.17 bits per heavy atom. The number of nitrogens with zero attached hydrogens (tertiary/aromatic N) is 2.